The second-order valence-electron chi connectivity index (χ2n) is 7.78. The van der Waals surface area contributed by atoms with Crippen molar-refractivity contribution in [2.75, 3.05) is 45.3 Å². The van der Waals surface area contributed by atoms with Crippen LogP contribution in [0.5, 0.6) is 11.5 Å². The molecule has 1 aromatic carbocycles. The van der Waals surface area contributed by atoms with E-state index in [1.54, 1.807) is 37.3 Å². The van der Waals surface area contributed by atoms with E-state index in [0.717, 1.165) is 38.8 Å². The van der Waals surface area contributed by atoms with Crippen molar-refractivity contribution in [2.45, 2.75) is 38.5 Å². The van der Waals surface area contributed by atoms with Crippen molar-refractivity contribution in [2.24, 2.45) is 5.92 Å². The Hall–Kier alpha value is -2.77. The lowest BCUT2D eigenvalue weighted by Gasteiger charge is -2.26. The van der Waals surface area contributed by atoms with Gasteiger partial charge in [0.05, 0.1) is 20.1 Å². The Bertz CT molecular complexity index is 782. The van der Waals surface area contributed by atoms with Crippen LogP contribution in [0.25, 0.3) is 0 Å². The number of hydrogen-bond donors (Lipinski definition) is 1. The fourth-order valence-electron chi connectivity index (χ4n) is 4.01. The van der Waals surface area contributed by atoms with Crippen LogP contribution in [0, 0.1) is 5.92 Å². The van der Waals surface area contributed by atoms with Crippen LogP contribution in [0.2, 0.25) is 0 Å². The molecule has 0 saturated carbocycles. The summed E-state index contributed by atoms with van der Waals surface area (Å²) in [7, 11) is 3.11. The van der Waals surface area contributed by atoms with Crippen LogP contribution in [-0.4, -0.2) is 63.0 Å². The van der Waals surface area contributed by atoms with Gasteiger partial charge in [-0.2, -0.15) is 0 Å². The number of carbonyl (C=O) groups is 3. The van der Waals surface area contributed by atoms with Gasteiger partial charge in [0.1, 0.15) is 0 Å². The minimum Gasteiger partial charge on any atom is -0.493 e. The first-order valence-electron chi connectivity index (χ1n) is 10.6. The van der Waals surface area contributed by atoms with E-state index in [1.165, 1.54) is 0 Å². The van der Waals surface area contributed by atoms with E-state index in [1.807, 2.05) is 4.90 Å². The molecule has 2 aliphatic heterocycles. The molecule has 164 valence electrons. The predicted molar refractivity (Wildman–Crippen MR) is 113 cm³/mol. The summed E-state index contributed by atoms with van der Waals surface area (Å²) in [5.41, 5.74) is 0.694. The normalized spacial score (nSPS) is 19.2. The quantitative estimate of drug-likeness (QED) is 0.621. The molecule has 2 saturated heterocycles. The van der Waals surface area contributed by atoms with E-state index in [2.05, 4.69) is 5.32 Å². The third-order valence-electron chi connectivity index (χ3n) is 5.75. The van der Waals surface area contributed by atoms with Crippen molar-refractivity contribution in [3.05, 3.63) is 18.2 Å². The highest BCUT2D eigenvalue weighted by molar-refractivity contribution is 6.00. The summed E-state index contributed by atoms with van der Waals surface area (Å²) in [6.07, 6.45) is 4.61. The van der Waals surface area contributed by atoms with E-state index in [0.29, 0.717) is 36.7 Å². The van der Waals surface area contributed by atoms with Gasteiger partial charge in [-0.25, -0.2) is 0 Å². The van der Waals surface area contributed by atoms with Crippen molar-refractivity contribution in [3.8, 4) is 11.5 Å². The van der Waals surface area contributed by atoms with Crippen molar-refractivity contribution in [1.82, 2.24) is 10.2 Å². The van der Waals surface area contributed by atoms with Gasteiger partial charge < -0.3 is 24.6 Å². The number of rotatable bonds is 9. The summed E-state index contributed by atoms with van der Waals surface area (Å²) in [4.78, 5) is 40.3. The Labute approximate surface area is 177 Å². The van der Waals surface area contributed by atoms with E-state index in [9.17, 15) is 14.4 Å². The molecular formula is C22H31N3O5. The molecule has 1 unspecified atom stereocenters. The highest BCUT2D eigenvalue weighted by Gasteiger charge is 2.35. The molecule has 0 spiro atoms. The van der Waals surface area contributed by atoms with E-state index in [4.69, 9.17) is 9.47 Å². The number of ether oxygens (including phenoxy) is 2. The third kappa shape index (κ3) is 5.23. The first-order valence-corrected chi connectivity index (χ1v) is 10.6. The maximum atomic E-state index is 12.5. The minimum absolute atomic E-state index is 0.0778. The molecule has 1 atom stereocenters. The Morgan fingerprint density at radius 1 is 1.10 bits per heavy atom. The van der Waals surface area contributed by atoms with E-state index in [-0.39, 0.29) is 30.1 Å². The molecule has 0 radical (unpaired) electrons. The third-order valence-corrected chi connectivity index (χ3v) is 5.75. The highest BCUT2D eigenvalue weighted by atomic mass is 16.5. The maximum absolute atomic E-state index is 12.5. The standard InChI is InChI=1S/C22H31N3O5/c1-29-18-9-8-17(14-19(18)30-2)25-15-16(13-21(25)27)22(28)23-10-4-6-12-24-11-5-3-7-20(24)26/h8-9,14,16H,3-7,10-13,15H2,1-2H3,(H,23,28). The van der Waals surface area contributed by atoms with Gasteiger partial charge in [0.15, 0.2) is 11.5 Å². The van der Waals surface area contributed by atoms with Crippen molar-refractivity contribution in [3.63, 3.8) is 0 Å². The first-order chi connectivity index (χ1) is 14.5. The Balaban J connectivity index is 1.44. The fourth-order valence-corrected chi connectivity index (χ4v) is 4.01. The lowest BCUT2D eigenvalue weighted by Crippen LogP contribution is -2.36. The van der Waals surface area contributed by atoms with Gasteiger partial charge in [0.25, 0.3) is 0 Å². The molecule has 2 heterocycles. The lowest BCUT2D eigenvalue weighted by molar-refractivity contribution is -0.133. The Morgan fingerprint density at radius 2 is 1.90 bits per heavy atom. The van der Waals surface area contributed by atoms with Crippen molar-refractivity contribution in [1.29, 1.82) is 0 Å². The largest absolute Gasteiger partial charge is 0.493 e. The molecule has 2 aliphatic rings. The molecule has 2 fully saturated rings. The number of nitrogens with zero attached hydrogens (tertiary/aromatic N) is 2. The Kier molecular flexibility index (Phi) is 7.54. The molecule has 1 N–H and O–H groups in total. The molecular weight excluding hydrogens is 386 g/mol. The molecule has 1 aromatic rings. The van der Waals surface area contributed by atoms with Crippen LogP contribution >= 0.6 is 0 Å². The summed E-state index contributed by atoms with van der Waals surface area (Å²) in [6, 6.07) is 5.29. The predicted octanol–water partition coefficient (Wildman–Crippen LogP) is 1.97. The van der Waals surface area contributed by atoms with Gasteiger partial charge in [0.2, 0.25) is 17.7 Å². The van der Waals surface area contributed by atoms with Crippen LogP contribution in [-0.2, 0) is 14.4 Å². The monoisotopic (exact) mass is 417 g/mol. The van der Waals surface area contributed by atoms with Gasteiger partial charge in [-0.1, -0.05) is 0 Å². The van der Waals surface area contributed by atoms with Gasteiger partial charge in [-0.05, 0) is 37.8 Å². The number of piperidine rings is 1. The highest BCUT2D eigenvalue weighted by Crippen LogP contribution is 2.34. The molecule has 0 bridgehead atoms. The van der Waals surface area contributed by atoms with Gasteiger partial charge in [0, 0.05) is 50.8 Å². The molecule has 8 heteroatoms. The van der Waals surface area contributed by atoms with Crippen LogP contribution < -0.4 is 19.7 Å². The average Bonchev–Trinajstić information content (AvgIpc) is 3.15. The number of unbranched alkanes of at least 4 members (excludes halogenated alkanes) is 1. The maximum Gasteiger partial charge on any atom is 0.227 e. The summed E-state index contributed by atoms with van der Waals surface area (Å²) < 4.78 is 10.5. The number of anilines is 1. The number of carbonyl (C=O) groups excluding carboxylic acids is 3. The summed E-state index contributed by atoms with van der Waals surface area (Å²) in [5, 5.41) is 2.94. The lowest BCUT2D eigenvalue weighted by atomic mass is 10.1. The second kappa shape index (κ2) is 10.3. The summed E-state index contributed by atoms with van der Waals surface area (Å²) in [5.74, 6) is 0.835. The van der Waals surface area contributed by atoms with Gasteiger partial charge >= 0.3 is 0 Å². The topological polar surface area (TPSA) is 88.2 Å². The minimum atomic E-state index is -0.366. The number of benzene rings is 1. The zero-order valence-electron chi connectivity index (χ0n) is 17.8. The van der Waals surface area contributed by atoms with Crippen molar-refractivity contribution < 1.29 is 23.9 Å². The van der Waals surface area contributed by atoms with E-state index >= 15 is 0 Å². The first kappa shape index (κ1) is 21.9. The summed E-state index contributed by atoms with van der Waals surface area (Å²) >= 11 is 0. The molecule has 0 aliphatic carbocycles. The van der Waals surface area contributed by atoms with Crippen molar-refractivity contribution >= 4 is 23.4 Å². The number of amides is 3. The second-order valence-corrected chi connectivity index (χ2v) is 7.78. The molecule has 0 aromatic heterocycles. The zero-order valence-corrected chi connectivity index (χ0v) is 17.8. The van der Waals surface area contributed by atoms with Crippen LogP contribution in [0.3, 0.4) is 0 Å². The smallest absolute Gasteiger partial charge is 0.227 e. The average molecular weight is 418 g/mol. The van der Waals surface area contributed by atoms with Crippen LogP contribution in [0.15, 0.2) is 18.2 Å². The van der Waals surface area contributed by atoms with Crippen LogP contribution in [0.1, 0.15) is 38.5 Å². The van der Waals surface area contributed by atoms with Crippen LogP contribution in [0.4, 0.5) is 5.69 Å². The molecule has 3 amide bonds. The van der Waals surface area contributed by atoms with E-state index < -0.39 is 0 Å². The zero-order chi connectivity index (χ0) is 21.5. The number of likely N-dealkylation sites (tertiary alicyclic amines) is 1. The fraction of sp³-hybridized carbons (Fsp3) is 0.591. The Morgan fingerprint density at radius 3 is 2.63 bits per heavy atom. The molecule has 30 heavy (non-hydrogen) atoms. The number of hydrogen-bond acceptors (Lipinski definition) is 5. The SMILES string of the molecule is COc1ccc(N2CC(C(=O)NCCCCN3CCCCC3=O)CC2=O)cc1OC. The summed E-state index contributed by atoms with van der Waals surface area (Å²) in [6.45, 7) is 2.51. The van der Waals surface area contributed by atoms with Gasteiger partial charge in [-0.15, -0.1) is 0 Å². The number of nitrogens with one attached hydrogen (secondary N) is 1. The molecule has 8 nitrogen and oxygen atoms in total. The number of methoxy groups -OCH3 is 2. The molecule has 3 rings (SSSR count). The van der Waals surface area contributed by atoms with Gasteiger partial charge in [-0.3, -0.25) is 14.4 Å².